The number of nitrogen functional groups attached to an aromatic ring is 1. The van der Waals surface area contributed by atoms with E-state index in [1.807, 2.05) is 0 Å². The molecule has 0 aliphatic carbocycles. The van der Waals surface area contributed by atoms with E-state index in [-0.39, 0.29) is 22.5 Å². The molecule has 0 spiro atoms. The van der Waals surface area contributed by atoms with E-state index in [1.54, 1.807) is 18.2 Å². The lowest BCUT2D eigenvalue weighted by atomic mass is 10.2. The number of hydrogen-bond acceptors (Lipinski definition) is 8. The van der Waals surface area contributed by atoms with Crippen molar-refractivity contribution >= 4 is 43.9 Å². The Labute approximate surface area is 164 Å². The smallest absolute Gasteiger partial charge is 0.384 e. The number of carbonyl (C=O) groups excluding carboxylic acids is 1. The molecule has 0 atom stereocenters. The van der Waals surface area contributed by atoms with Gasteiger partial charge in [-0.25, -0.2) is 9.97 Å². The van der Waals surface area contributed by atoms with E-state index in [4.69, 9.17) is 11.5 Å². The molecule has 3 heterocycles. The second-order valence-electron chi connectivity index (χ2n) is 5.93. The number of alkyl halides is 3. The Morgan fingerprint density at radius 2 is 1.97 bits per heavy atom. The highest BCUT2D eigenvalue weighted by molar-refractivity contribution is 7.87. The fourth-order valence-corrected chi connectivity index (χ4v) is 3.28. The summed E-state index contributed by atoms with van der Waals surface area (Å²) in [5.41, 5.74) is 6.01. The van der Waals surface area contributed by atoms with Crippen molar-refractivity contribution in [3.05, 3.63) is 36.2 Å². The van der Waals surface area contributed by atoms with E-state index >= 15 is 0 Å². The minimum atomic E-state index is -6.00. The molecule has 5 N–H and O–H groups in total. The third-order valence-electron chi connectivity index (χ3n) is 4.10. The molecule has 0 fully saturated rings. The van der Waals surface area contributed by atoms with Crippen LogP contribution in [0.15, 0.2) is 30.6 Å². The predicted molar refractivity (Wildman–Crippen MR) is 97.0 cm³/mol. The molecule has 156 valence electrons. The van der Waals surface area contributed by atoms with E-state index < -0.39 is 27.4 Å². The van der Waals surface area contributed by atoms with Crippen LogP contribution in [0.3, 0.4) is 0 Å². The first-order chi connectivity index (χ1) is 14.0. The summed E-state index contributed by atoms with van der Waals surface area (Å²) in [6.07, 6.45) is 2.14. The normalized spacial score (nSPS) is 12.5. The first-order valence-electron chi connectivity index (χ1n) is 7.91. The monoisotopic (exact) mass is 441 g/mol. The van der Waals surface area contributed by atoms with Gasteiger partial charge < -0.3 is 15.7 Å². The number of benzene rings is 1. The number of aromatic amines is 1. The molecule has 1 aromatic carbocycles. The number of carbonyl (C=O) groups is 1. The van der Waals surface area contributed by atoms with Gasteiger partial charge in [-0.05, 0) is 12.1 Å². The molecule has 0 unspecified atom stereocenters. The van der Waals surface area contributed by atoms with Gasteiger partial charge in [0.05, 0.1) is 23.6 Å². The number of halogens is 3. The maximum Gasteiger partial charge on any atom is 0.534 e. The Morgan fingerprint density at radius 1 is 1.23 bits per heavy atom. The van der Waals surface area contributed by atoms with Crippen molar-refractivity contribution in [1.82, 2.24) is 24.7 Å². The van der Waals surface area contributed by atoms with Gasteiger partial charge in [-0.15, -0.1) is 0 Å². The van der Waals surface area contributed by atoms with Crippen molar-refractivity contribution in [2.75, 3.05) is 5.73 Å². The van der Waals surface area contributed by atoms with Gasteiger partial charge in [-0.3, -0.25) is 14.5 Å². The van der Waals surface area contributed by atoms with E-state index in [0.29, 0.717) is 22.8 Å². The van der Waals surface area contributed by atoms with Gasteiger partial charge in [0.15, 0.2) is 5.65 Å². The predicted octanol–water partition coefficient (Wildman–Crippen LogP) is 1.21. The van der Waals surface area contributed by atoms with Crippen LogP contribution in [0, 0.1) is 0 Å². The van der Waals surface area contributed by atoms with Crippen LogP contribution in [-0.4, -0.2) is 44.6 Å². The average Bonchev–Trinajstić information content (AvgIpc) is 3.21. The molecule has 30 heavy (non-hydrogen) atoms. The fourth-order valence-electron chi connectivity index (χ4n) is 2.88. The Kier molecular flexibility index (Phi) is 4.09. The standard InChI is InChI=1S/C15H10F3N7O4S/c16-15(17,18)30(27,28)29-9-5-21-14-11(23-9)10(13(20)26)12(19)25(14)8-3-1-2-7-6(8)4-22-24-7/h1-5H,19H2,(H2,20,26)(H,22,24). The fraction of sp³-hybridized carbons (Fsp3) is 0.0667. The van der Waals surface area contributed by atoms with E-state index in [2.05, 4.69) is 24.3 Å². The molecule has 4 rings (SSSR count). The Morgan fingerprint density at radius 3 is 2.63 bits per heavy atom. The van der Waals surface area contributed by atoms with Gasteiger partial charge in [0.2, 0.25) is 0 Å². The number of hydrogen-bond donors (Lipinski definition) is 3. The molecule has 0 saturated carbocycles. The van der Waals surface area contributed by atoms with Gasteiger partial charge in [0.1, 0.15) is 16.9 Å². The number of fused-ring (bicyclic) bond motifs is 2. The molecule has 4 aromatic rings. The first kappa shape index (κ1) is 19.4. The van der Waals surface area contributed by atoms with Crippen molar-refractivity contribution in [3.8, 4) is 11.6 Å². The van der Waals surface area contributed by atoms with Crippen LogP contribution in [0.5, 0.6) is 5.88 Å². The van der Waals surface area contributed by atoms with Crippen molar-refractivity contribution in [2.45, 2.75) is 5.51 Å². The summed E-state index contributed by atoms with van der Waals surface area (Å²) < 4.78 is 65.5. The highest BCUT2D eigenvalue weighted by Crippen LogP contribution is 2.33. The molecule has 0 aliphatic rings. The zero-order valence-electron chi connectivity index (χ0n) is 14.5. The lowest BCUT2D eigenvalue weighted by Crippen LogP contribution is -2.28. The molecule has 1 amide bonds. The number of rotatable bonds is 4. The van der Waals surface area contributed by atoms with Gasteiger partial charge in [0, 0.05) is 5.39 Å². The van der Waals surface area contributed by atoms with Crippen molar-refractivity contribution in [1.29, 1.82) is 0 Å². The summed E-state index contributed by atoms with van der Waals surface area (Å²) in [7, 11) is -6.00. The SMILES string of the molecule is NC(=O)c1c(N)n(-c2cccc3[nH]ncc23)c2ncc(OS(=O)(=O)C(F)(F)F)nc12. The highest BCUT2D eigenvalue weighted by Gasteiger charge is 2.49. The number of nitrogens with zero attached hydrogens (tertiary/aromatic N) is 4. The number of aromatic nitrogens is 5. The van der Waals surface area contributed by atoms with Crippen LogP contribution in [0.1, 0.15) is 10.4 Å². The molecule has 0 bridgehead atoms. The molecular weight excluding hydrogens is 431 g/mol. The van der Waals surface area contributed by atoms with Crippen LogP contribution in [-0.2, 0) is 10.1 Å². The highest BCUT2D eigenvalue weighted by atomic mass is 32.2. The third kappa shape index (κ3) is 2.86. The van der Waals surface area contributed by atoms with Crippen molar-refractivity contribution < 1.29 is 30.6 Å². The van der Waals surface area contributed by atoms with E-state index in [0.717, 1.165) is 0 Å². The summed E-state index contributed by atoms with van der Waals surface area (Å²) in [5.74, 6) is -2.27. The van der Waals surface area contributed by atoms with Crippen LogP contribution < -0.4 is 15.7 Å². The van der Waals surface area contributed by atoms with E-state index in [9.17, 15) is 26.4 Å². The maximum absolute atomic E-state index is 12.6. The van der Waals surface area contributed by atoms with Crippen molar-refractivity contribution in [3.63, 3.8) is 0 Å². The van der Waals surface area contributed by atoms with Gasteiger partial charge in [0.25, 0.3) is 11.8 Å². The summed E-state index contributed by atoms with van der Waals surface area (Å²) in [6, 6.07) is 5.01. The lowest BCUT2D eigenvalue weighted by molar-refractivity contribution is -0.0501. The zero-order valence-corrected chi connectivity index (χ0v) is 15.3. The summed E-state index contributed by atoms with van der Waals surface area (Å²) in [6.45, 7) is 0. The number of H-pyrrole nitrogens is 1. The molecule has 0 aliphatic heterocycles. The average molecular weight is 441 g/mol. The zero-order chi connectivity index (χ0) is 21.8. The Hall–Kier alpha value is -3.88. The summed E-state index contributed by atoms with van der Waals surface area (Å²) in [5, 5.41) is 7.25. The number of nitrogens with one attached hydrogen (secondary N) is 1. The third-order valence-corrected chi connectivity index (χ3v) is 5.06. The van der Waals surface area contributed by atoms with Crippen LogP contribution in [0.4, 0.5) is 19.0 Å². The van der Waals surface area contributed by atoms with Gasteiger partial charge in [-0.1, -0.05) is 6.07 Å². The van der Waals surface area contributed by atoms with Crippen LogP contribution in [0.2, 0.25) is 0 Å². The molecule has 15 heteroatoms. The lowest BCUT2D eigenvalue weighted by Gasteiger charge is -2.09. The Bertz CT molecular complexity index is 1430. The number of amides is 1. The van der Waals surface area contributed by atoms with E-state index in [1.165, 1.54) is 10.8 Å². The molecular formula is C15H10F3N7O4S. The Balaban J connectivity index is 1.98. The molecule has 0 saturated heterocycles. The first-order valence-corrected chi connectivity index (χ1v) is 9.32. The van der Waals surface area contributed by atoms with Crippen LogP contribution >= 0.6 is 0 Å². The van der Waals surface area contributed by atoms with Crippen molar-refractivity contribution in [2.24, 2.45) is 5.73 Å². The minimum absolute atomic E-state index is 0.0632. The second kappa shape index (κ2) is 6.31. The number of anilines is 1. The second-order valence-corrected chi connectivity index (χ2v) is 7.47. The molecule has 0 radical (unpaired) electrons. The largest absolute Gasteiger partial charge is 0.534 e. The van der Waals surface area contributed by atoms with Gasteiger partial charge in [-0.2, -0.15) is 26.7 Å². The van der Waals surface area contributed by atoms with Gasteiger partial charge >= 0.3 is 15.6 Å². The minimum Gasteiger partial charge on any atom is -0.384 e. The molecule has 11 nitrogen and oxygen atoms in total. The summed E-state index contributed by atoms with van der Waals surface area (Å²) in [4.78, 5) is 19.5. The molecule has 3 aromatic heterocycles. The maximum atomic E-state index is 12.6. The number of nitrogens with two attached hydrogens (primary N) is 2. The van der Waals surface area contributed by atoms with Crippen LogP contribution in [0.25, 0.3) is 27.8 Å². The quantitative estimate of drug-likeness (QED) is 0.313. The topological polar surface area (TPSA) is 172 Å². The summed E-state index contributed by atoms with van der Waals surface area (Å²) >= 11 is 0. The number of primary amides is 1.